The molecule has 0 atom stereocenters. The van der Waals surface area contributed by atoms with Crippen molar-refractivity contribution in [2.45, 2.75) is 40.5 Å². The van der Waals surface area contributed by atoms with Gasteiger partial charge in [-0.25, -0.2) is 4.79 Å². The maximum atomic E-state index is 12.9. The number of para-hydroxylation sites is 1. The molecule has 0 unspecified atom stereocenters. The van der Waals surface area contributed by atoms with Gasteiger partial charge >= 0.3 is 5.97 Å². The number of nitrogens with one attached hydrogen (secondary N) is 2. The third-order valence-electron chi connectivity index (χ3n) is 5.81. The van der Waals surface area contributed by atoms with Crippen LogP contribution in [0.3, 0.4) is 0 Å². The average molecular weight is 484 g/mol. The largest absolute Gasteiger partial charge is 0.477 e. The summed E-state index contributed by atoms with van der Waals surface area (Å²) in [6.07, 6.45) is 3.35. The molecule has 3 N–H and O–H groups in total. The minimum atomic E-state index is -1.45. The molecule has 186 valence electrons. The van der Waals surface area contributed by atoms with Crippen molar-refractivity contribution in [3.63, 3.8) is 0 Å². The summed E-state index contributed by atoms with van der Waals surface area (Å²) in [4.78, 5) is 26.7. The van der Waals surface area contributed by atoms with Gasteiger partial charge in [0.1, 0.15) is 0 Å². The predicted molar refractivity (Wildman–Crippen MR) is 147 cm³/mol. The SMILES string of the molecule is CC.Cc1cc(C)cc(N2CCCc3cc(/C=C(/C(=N)C(=O)O)C(=O)Nc4ccccc4)ccc32)c1. The number of carbonyl (C=O) groups is 2. The molecule has 6 nitrogen and oxygen atoms in total. The van der Waals surface area contributed by atoms with Crippen molar-refractivity contribution in [2.24, 2.45) is 0 Å². The van der Waals surface area contributed by atoms with Crippen LogP contribution < -0.4 is 10.2 Å². The van der Waals surface area contributed by atoms with Gasteiger partial charge in [-0.1, -0.05) is 44.2 Å². The fraction of sp³-hybridized carbons (Fsp3) is 0.233. The molecule has 3 aromatic rings. The van der Waals surface area contributed by atoms with E-state index in [1.54, 1.807) is 24.3 Å². The summed E-state index contributed by atoms with van der Waals surface area (Å²) in [7, 11) is 0. The highest BCUT2D eigenvalue weighted by Crippen LogP contribution is 2.35. The number of fused-ring (bicyclic) bond motifs is 1. The molecule has 6 heteroatoms. The Balaban J connectivity index is 0.00000176. The molecule has 4 rings (SSSR count). The molecule has 1 aliphatic rings. The van der Waals surface area contributed by atoms with Gasteiger partial charge in [-0.05, 0) is 91.4 Å². The summed E-state index contributed by atoms with van der Waals surface area (Å²) >= 11 is 0. The van der Waals surface area contributed by atoms with Gasteiger partial charge in [0.05, 0.1) is 5.57 Å². The zero-order chi connectivity index (χ0) is 26.2. The van der Waals surface area contributed by atoms with E-state index in [1.165, 1.54) is 17.2 Å². The predicted octanol–water partition coefficient (Wildman–Crippen LogP) is 6.54. The Labute approximate surface area is 212 Å². The first-order valence-corrected chi connectivity index (χ1v) is 12.2. The molecule has 0 saturated carbocycles. The van der Waals surface area contributed by atoms with E-state index < -0.39 is 17.6 Å². The number of hydrogen-bond acceptors (Lipinski definition) is 4. The molecule has 0 aromatic heterocycles. The Morgan fingerprint density at radius 1 is 0.972 bits per heavy atom. The highest BCUT2D eigenvalue weighted by Gasteiger charge is 2.22. The van der Waals surface area contributed by atoms with Crippen molar-refractivity contribution in [3.05, 3.63) is 94.6 Å². The third kappa shape index (κ3) is 6.27. The number of hydrogen-bond donors (Lipinski definition) is 3. The second-order valence-corrected chi connectivity index (χ2v) is 8.55. The van der Waals surface area contributed by atoms with Crippen molar-refractivity contribution in [1.29, 1.82) is 5.41 Å². The van der Waals surface area contributed by atoms with Gasteiger partial charge in [0.25, 0.3) is 5.91 Å². The molecule has 36 heavy (non-hydrogen) atoms. The number of carboxylic acids is 1. The van der Waals surface area contributed by atoms with Crippen LogP contribution in [0.2, 0.25) is 0 Å². The van der Waals surface area contributed by atoms with E-state index in [2.05, 4.69) is 42.3 Å². The average Bonchev–Trinajstić information content (AvgIpc) is 2.87. The molecule has 3 aromatic carbocycles. The zero-order valence-electron chi connectivity index (χ0n) is 21.3. The van der Waals surface area contributed by atoms with E-state index >= 15 is 0 Å². The summed E-state index contributed by atoms with van der Waals surface area (Å²) in [5.74, 6) is -2.08. The van der Waals surface area contributed by atoms with E-state index in [0.29, 0.717) is 11.3 Å². The molecular weight excluding hydrogens is 450 g/mol. The first kappa shape index (κ1) is 26.4. The zero-order valence-corrected chi connectivity index (χ0v) is 21.3. The Morgan fingerprint density at radius 2 is 1.64 bits per heavy atom. The Hall–Kier alpha value is -4.19. The van der Waals surface area contributed by atoms with E-state index in [9.17, 15) is 14.7 Å². The van der Waals surface area contributed by atoms with E-state index in [-0.39, 0.29) is 5.57 Å². The molecule has 0 fully saturated rings. The Morgan fingerprint density at radius 3 is 2.28 bits per heavy atom. The summed E-state index contributed by atoms with van der Waals surface area (Å²) in [6.45, 7) is 9.10. The summed E-state index contributed by atoms with van der Waals surface area (Å²) in [5, 5.41) is 20.1. The minimum absolute atomic E-state index is 0.196. The number of aryl methyl sites for hydroxylation is 3. The van der Waals surface area contributed by atoms with Crippen LogP contribution in [0.5, 0.6) is 0 Å². The molecular formula is C30H33N3O3. The molecule has 1 aliphatic heterocycles. The number of benzene rings is 3. The standard InChI is InChI=1S/C28H27N3O3.C2H6/c1-18-13-19(2)15-23(14-18)31-12-6-7-21-16-20(10-11-25(21)31)17-24(26(29)28(33)34)27(32)30-22-8-4-3-5-9-22;1-2/h3-5,8-11,13-17,29H,6-7,12H2,1-2H3,(H,30,32)(H,33,34);1-2H3/b24-17-,29-26?;. The van der Waals surface area contributed by atoms with Crippen LogP contribution in [0, 0.1) is 19.3 Å². The summed E-state index contributed by atoms with van der Waals surface area (Å²) in [5.41, 5.74) is 6.08. The topological polar surface area (TPSA) is 93.5 Å². The first-order valence-electron chi connectivity index (χ1n) is 12.2. The fourth-order valence-electron chi connectivity index (χ4n) is 4.33. The van der Waals surface area contributed by atoms with Gasteiger partial charge in [0.15, 0.2) is 5.71 Å². The maximum Gasteiger partial charge on any atom is 0.354 e. The van der Waals surface area contributed by atoms with Crippen LogP contribution in [0.25, 0.3) is 6.08 Å². The lowest BCUT2D eigenvalue weighted by atomic mass is 9.96. The van der Waals surface area contributed by atoms with Crippen LogP contribution in [-0.2, 0) is 16.0 Å². The minimum Gasteiger partial charge on any atom is -0.477 e. The second kappa shape index (κ2) is 12.0. The molecule has 0 bridgehead atoms. The second-order valence-electron chi connectivity index (χ2n) is 8.55. The van der Waals surface area contributed by atoms with Gasteiger partial charge in [-0.2, -0.15) is 0 Å². The number of rotatable bonds is 6. The summed E-state index contributed by atoms with van der Waals surface area (Å²) in [6, 6.07) is 21.1. The normalized spacial score (nSPS) is 12.7. The first-order chi connectivity index (χ1) is 17.3. The molecule has 1 amide bonds. The molecule has 1 heterocycles. The number of aliphatic carboxylic acids is 1. The number of anilines is 3. The van der Waals surface area contributed by atoms with Crippen molar-refractivity contribution >= 4 is 40.7 Å². The van der Waals surface area contributed by atoms with Gasteiger partial charge in [0.2, 0.25) is 0 Å². The van der Waals surface area contributed by atoms with E-state index in [1.807, 2.05) is 38.1 Å². The van der Waals surface area contributed by atoms with Crippen molar-refractivity contribution in [3.8, 4) is 0 Å². The quantitative estimate of drug-likeness (QED) is 0.274. The number of carbonyl (C=O) groups excluding carboxylic acids is 1. The fourth-order valence-corrected chi connectivity index (χ4v) is 4.33. The van der Waals surface area contributed by atoms with Crippen LogP contribution >= 0.6 is 0 Å². The Kier molecular flexibility index (Phi) is 8.79. The van der Waals surface area contributed by atoms with Crippen molar-refractivity contribution < 1.29 is 14.7 Å². The number of nitrogens with zero attached hydrogens (tertiary/aromatic N) is 1. The van der Waals surface area contributed by atoms with E-state index in [4.69, 9.17) is 5.41 Å². The van der Waals surface area contributed by atoms with Crippen LogP contribution in [0.1, 0.15) is 42.5 Å². The van der Waals surface area contributed by atoms with Crippen LogP contribution in [0.15, 0.2) is 72.3 Å². The van der Waals surface area contributed by atoms with Gasteiger partial charge in [-0.15, -0.1) is 0 Å². The molecule has 0 radical (unpaired) electrons. The highest BCUT2D eigenvalue weighted by atomic mass is 16.4. The third-order valence-corrected chi connectivity index (χ3v) is 5.81. The van der Waals surface area contributed by atoms with Gasteiger partial charge in [0, 0.05) is 23.6 Å². The van der Waals surface area contributed by atoms with Crippen LogP contribution in [-0.4, -0.2) is 29.2 Å². The monoisotopic (exact) mass is 483 g/mol. The lowest BCUT2D eigenvalue weighted by Crippen LogP contribution is -2.25. The lowest BCUT2D eigenvalue weighted by Gasteiger charge is -2.32. The molecule has 0 saturated heterocycles. The van der Waals surface area contributed by atoms with Gasteiger partial charge in [-0.3, -0.25) is 10.2 Å². The van der Waals surface area contributed by atoms with Gasteiger partial charge < -0.3 is 15.3 Å². The highest BCUT2D eigenvalue weighted by molar-refractivity contribution is 6.50. The van der Waals surface area contributed by atoms with E-state index in [0.717, 1.165) is 36.3 Å². The number of amides is 1. The van der Waals surface area contributed by atoms with Crippen LogP contribution in [0.4, 0.5) is 17.1 Å². The van der Waals surface area contributed by atoms with Crippen molar-refractivity contribution in [2.75, 3.05) is 16.8 Å². The van der Waals surface area contributed by atoms with Crippen molar-refractivity contribution in [1.82, 2.24) is 0 Å². The maximum absolute atomic E-state index is 12.9. The molecule has 0 aliphatic carbocycles. The summed E-state index contributed by atoms with van der Waals surface area (Å²) < 4.78 is 0. The smallest absolute Gasteiger partial charge is 0.354 e. The Bertz CT molecular complexity index is 1280. The lowest BCUT2D eigenvalue weighted by molar-refractivity contribution is -0.129. The molecule has 0 spiro atoms. The number of carboxylic acid groups (broad SMARTS) is 1.